The molecule has 0 amide bonds. The monoisotopic (exact) mass is 535 g/mol. The zero-order valence-corrected chi connectivity index (χ0v) is 22.5. The highest BCUT2D eigenvalue weighted by Crippen LogP contribution is 2.34. The van der Waals surface area contributed by atoms with E-state index < -0.39 is 0 Å². The molecule has 1 aromatic heterocycles. The van der Waals surface area contributed by atoms with Gasteiger partial charge in [0, 0.05) is 44.3 Å². The lowest BCUT2D eigenvalue weighted by molar-refractivity contribution is 0.0515. The van der Waals surface area contributed by atoms with Gasteiger partial charge in [0.05, 0.1) is 0 Å². The van der Waals surface area contributed by atoms with Crippen molar-refractivity contribution in [3.63, 3.8) is 0 Å². The first kappa shape index (κ1) is 26.3. The third-order valence-electron chi connectivity index (χ3n) is 7.35. The van der Waals surface area contributed by atoms with Gasteiger partial charge in [-0.1, -0.05) is 37.3 Å². The molecule has 2 saturated heterocycles. The van der Waals surface area contributed by atoms with E-state index in [2.05, 4.69) is 27.4 Å². The van der Waals surface area contributed by atoms with Crippen LogP contribution in [0.1, 0.15) is 38.2 Å². The predicted molar refractivity (Wildman–Crippen MR) is 152 cm³/mol. The van der Waals surface area contributed by atoms with Crippen molar-refractivity contribution in [2.45, 2.75) is 38.0 Å². The maximum Gasteiger partial charge on any atom is 0.234 e. The second-order valence-electron chi connectivity index (χ2n) is 10.2. The van der Waals surface area contributed by atoms with Crippen molar-refractivity contribution in [1.29, 1.82) is 0 Å². The topological polar surface area (TPSA) is 71.5 Å². The van der Waals surface area contributed by atoms with Crippen LogP contribution < -0.4 is 20.3 Å². The maximum atomic E-state index is 13.6. The summed E-state index contributed by atoms with van der Waals surface area (Å²) in [5.41, 5.74) is 0.875. The summed E-state index contributed by atoms with van der Waals surface area (Å²) in [6.07, 6.45) is 3.98. The third kappa shape index (κ3) is 6.57. The Kier molecular flexibility index (Phi) is 8.34. The minimum atomic E-state index is -0.241. The number of rotatable bonds is 7. The number of para-hydroxylation sites is 1. The second kappa shape index (κ2) is 12.0. The van der Waals surface area contributed by atoms with Crippen LogP contribution in [0, 0.1) is 11.7 Å². The molecule has 7 nitrogen and oxygen atoms in total. The van der Waals surface area contributed by atoms with Gasteiger partial charge in [-0.2, -0.15) is 9.97 Å². The van der Waals surface area contributed by atoms with E-state index in [-0.39, 0.29) is 11.2 Å². The summed E-state index contributed by atoms with van der Waals surface area (Å²) >= 11 is 5.67. The zero-order valence-electron chi connectivity index (χ0n) is 21.7. The Hall–Kier alpha value is -3.30. The molecule has 1 unspecified atom stereocenters. The summed E-state index contributed by atoms with van der Waals surface area (Å²) in [5.74, 6) is 2.71. The number of nitrogens with zero attached hydrogens (tertiary/aromatic N) is 3. The minimum Gasteiger partial charge on any atom is -0.439 e. The van der Waals surface area contributed by atoms with Gasteiger partial charge in [0.1, 0.15) is 17.4 Å². The van der Waals surface area contributed by atoms with Gasteiger partial charge >= 0.3 is 0 Å². The molecule has 2 aromatic carbocycles. The molecular weight excluding hydrogens is 501 g/mol. The third-order valence-corrected chi connectivity index (χ3v) is 7.60. The van der Waals surface area contributed by atoms with E-state index in [0.29, 0.717) is 48.4 Å². The van der Waals surface area contributed by atoms with Crippen molar-refractivity contribution in [3.05, 3.63) is 72.0 Å². The molecule has 9 heteroatoms. The van der Waals surface area contributed by atoms with Gasteiger partial charge < -0.3 is 25.0 Å². The lowest BCUT2D eigenvalue weighted by atomic mass is 9.74. The van der Waals surface area contributed by atoms with Crippen molar-refractivity contribution >= 4 is 29.1 Å². The Morgan fingerprint density at radius 1 is 1.13 bits per heavy atom. The number of hydrogen-bond donors (Lipinski definition) is 2. The largest absolute Gasteiger partial charge is 0.439 e. The Morgan fingerprint density at radius 2 is 1.89 bits per heavy atom. The number of thiocarbonyl (C=S) groups is 1. The van der Waals surface area contributed by atoms with Crippen LogP contribution in [-0.4, -0.2) is 47.9 Å². The molecule has 0 aliphatic carbocycles. The minimum absolute atomic E-state index is 0.202. The smallest absolute Gasteiger partial charge is 0.234 e. The molecule has 1 atom stereocenters. The van der Waals surface area contributed by atoms with Gasteiger partial charge in [-0.15, -0.1) is 0 Å². The number of halogens is 1. The number of ether oxygens (including phenoxy) is 2. The van der Waals surface area contributed by atoms with E-state index in [0.717, 1.165) is 43.7 Å². The highest BCUT2D eigenvalue weighted by atomic mass is 32.1. The molecule has 0 bridgehead atoms. The lowest BCUT2D eigenvalue weighted by Crippen LogP contribution is -2.45. The van der Waals surface area contributed by atoms with Crippen molar-refractivity contribution in [1.82, 2.24) is 15.3 Å². The Balaban J connectivity index is 1.33. The van der Waals surface area contributed by atoms with E-state index in [1.165, 1.54) is 18.6 Å². The van der Waals surface area contributed by atoms with Crippen LogP contribution >= 0.6 is 12.2 Å². The van der Waals surface area contributed by atoms with Crippen LogP contribution in [-0.2, 0) is 10.2 Å². The van der Waals surface area contributed by atoms with Crippen LogP contribution in [0.4, 0.5) is 16.2 Å². The lowest BCUT2D eigenvalue weighted by Gasteiger charge is -2.38. The highest BCUT2D eigenvalue weighted by molar-refractivity contribution is 7.80. The van der Waals surface area contributed by atoms with Crippen LogP contribution in [0.15, 0.2) is 60.7 Å². The molecule has 2 fully saturated rings. The van der Waals surface area contributed by atoms with E-state index in [1.54, 1.807) is 0 Å². The summed E-state index contributed by atoms with van der Waals surface area (Å²) < 4.78 is 25.3. The zero-order chi connectivity index (χ0) is 26.4. The molecular formula is C29H34FN5O2S. The molecule has 2 aliphatic heterocycles. The molecule has 2 aliphatic rings. The van der Waals surface area contributed by atoms with E-state index in [4.69, 9.17) is 26.7 Å². The standard InChI is InChI=1S/C29H34FN5O2S/c1-21-6-5-15-35(19-21)25-18-26(37-24-7-3-2-4-8-24)33-27(32-25)34-28(38)31-20-29(13-16-36-17-14-29)22-9-11-23(30)12-10-22/h2-4,7-12,18,21H,5-6,13-17,19-20H2,1H3,(H2,31,32,33,34,38). The summed E-state index contributed by atoms with van der Waals surface area (Å²) in [7, 11) is 0. The first-order valence-electron chi connectivity index (χ1n) is 13.2. The van der Waals surface area contributed by atoms with E-state index >= 15 is 0 Å². The fourth-order valence-corrected chi connectivity index (χ4v) is 5.38. The van der Waals surface area contributed by atoms with Crippen molar-refractivity contribution in [2.75, 3.05) is 43.1 Å². The molecule has 3 heterocycles. The maximum absolute atomic E-state index is 13.6. The molecule has 38 heavy (non-hydrogen) atoms. The fourth-order valence-electron chi connectivity index (χ4n) is 5.22. The normalized spacial score (nSPS) is 19.0. The summed E-state index contributed by atoms with van der Waals surface area (Å²) in [6.45, 7) is 6.03. The van der Waals surface area contributed by atoms with Gasteiger partial charge in [-0.3, -0.25) is 0 Å². The average Bonchev–Trinajstić information content (AvgIpc) is 2.93. The molecule has 0 saturated carbocycles. The van der Waals surface area contributed by atoms with Gasteiger partial charge in [0.25, 0.3) is 0 Å². The average molecular weight is 536 g/mol. The van der Waals surface area contributed by atoms with E-state index in [1.807, 2.05) is 48.5 Å². The van der Waals surface area contributed by atoms with Gasteiger partial charge in [-0.25, -0.2) is 4.39 Å². The Bertz CT molecular complexity index is 1220. The number of benzene rings is 2. The number of hydrogen-bond acceptors (Lipinski definition) is 6. The highest BCUT2D eigenvalue weighted by Gasteiger charge is 2.34. The fraction of sp³-hybridized carbons (Fsp3) is 0.414. The first-order chi connectivity index (χ1) is 18.5. The first-order valence-corrected chi connectivity index (χ1v) is 13.7. The molecule has 2 N–H and O–H groups in total. The molecule has 0 radical (unpaired) electrons. The predicted octanol–water partition coefficient (Wildman–Crippen LogP) is 5.68. The number of nitrogens with one attached hydrogen (secondary N) is 2. The summed E-state index contributed by atoms with van der Waals surface area (Å²) in [5, 5.41) is 6.97. The molecule has 0 spiro atoms. The van der Waals surface area contributed by atoms with Gasteiger partial charge in [0.2, 0.25) is 11.8 Å². The van der Waals surface area contributed by atoms with Crippen LogP contribution in [0.5, 0.6) is 11.6 Å². The number of aromatic nitrogens is 2. The van der Waals surface area contributed by atoms with Crippen molar-refractivity contribution in [3.8, 4) is 11.6 Å². The number of anilines is 2. The number of piperidine rings is 1. The molecule has 3 aromatic rings. The Labute approximate surface area is 228 Å². The van der Waals surface area contributed by atoms with Gasteiger partial charge in [0.15, 0.2) is 5.11 Å². The molecule has 5 rings (SSSR count). The Morgan fingerprint density at radius 3 is 2.63 bits per heavy atom. The second-order valence-corrected chi connectivity index (χ2v) is 10.6. The van der Waals surface area contributed by atoms with Crippen LogP contribution in [0.2, 0.25) is 0 Å². The molecule has 200 valence electrons. The van der Waals surface area contributed by atoms with Crippen molar-refractivity contribution in [2.24, 2.45) is 5.92 Å². The summed E-state index contributed by atoms with van der Waals surface area (Å²) in [4.78, 5) is 11.7. The van der Waals surface area contributed by atoms with Crippen molar-refractivity contribution < 1.29 is 13.9 Å². The SMILES string of the molecule is CC1CCCN(c2cc(Oc3ccccc3)nc(NC(=S)NCC3(c4ccc(F)cc4)CCOCC3)n2)C1. The van der Waals surface area contributed by atoms with Crippen LogP contribution in [0.3, 0.4) is 0 Å². The van der Waals surface area contributed by atoms with Crippen LogP contribution in [0.25, 0.3) is 0 Å². The summed E-state index contributed by atoms with van der Waals surface area (Å²) in [6, 6.07) is 18.2. The quantitative estimate of drug-likeness (QED) is 0.375. The van der Waals surface area contributed by atoms with E-state index in [9.17, 15) is 4.39 Å². The van der Waals surface area contributed by atoms with Gasteiger partial charge in [-0.05, 0) is 73.6 Å².